The summed E-state index contributed by atoms with van der Waals surface area (Å²) >= 11 is 3.48. The topological polar surface area (TPSA) is 0 Å². The van der Waals surface area contributed by atoms with Crippen molar-refractivity contribution in [1.29, 1.82) is 0 Å². The Morgan fingerprint density at radius 3 is 2.11 bits per heavy atom. The second-order valence-electron chi connectivity index (χ2n) is 2.03. The largest absolute Gasteiger partial charge is 0.0842 e. The first-order chi connectivity index (χ1) is 4.30. The molecule has 1 rings (SSSR count). The Hall–Kier alpha value is -0.300. The van der Waals surface area contributed by atoms with Crippen LogP contribution in [0, 0.1) is 0 Å². The summed E-state index contributed by atoms with van der Waals surface area (Å²) in [5.74, 6) is 0. The SMILES string of the molecule is C[14CH](Br)c1ccccc1. The lowest BCUT2D eigenvalue weighted by Gasteiger charge is -1.99. The highest BCUT2D eigenvalue weighted by Crippen LogP contribution is 2.19. The van der Waals surface area contributed by atoms with Gasteiger partial charge in [-0.1, -0.05) is 46.3 Å². The van der Waals surface area contributed by atoms with Gasteiger partial charge in [0.05, 0.1) is 0 Å². The van der Waals surface area contributed by atoms with Crippen molar-refractivity contribution < 1.29 is 0 Å². The van der Waals surface area contributed by atoms with Gasteiger partial charge in [-0.15, -0.1) is 0 Å². The van der Waals surface area contributed by atoms with Gasteiger partial charge in [-0.3, -0.25) is 0 Å². The van der Waals surface area contributed by atoms with E-state index in [1.54, 1.807) is 0 Å². The second kappa shape index (κ2) is 3.02. The molecule has 0 N–H and O–H groups in total. The third-order valence-corrected chi connectivity index (χ3v) is 1.79. The van der Waals surface area contributed by atoms with Crippen LogP contribution >= 0.6 is 15.9 Å². The lowest BCUT2D eigenvalue weighted by atomic mass is 10.3. The molecular weight excluding hydrogens is 178 g/mol. The number of halogens is 1. The fourth-order valence-corrected chi connectivity index (χ4v) is 1.02. The van der Waals surface area contributed by atoms with E-state index in [-0.39, 0.29) is 0 Å². The van der Waals surface area contributed by atoms with Gasteiger partial charge in [0.15, 0.2) is 0 Å². The molecule has 9 heavy (non-hydrogen) atoms. The number of hydrogen-bond donors (Lipinski definition) is 0. The van der Waals surface area contributed by atoms with Gasteiger partial charge in [-0.2, -0.15) is 0 Å². The van der Waals surface area contributed by atoms with Crippen molar-refractivity contribution in [1.82, 2.24) is 0 Å². The first kappa shape index (κ1) is 6.81. The summed E-state index contributed by atoms with van der Waals surface area (Å²) in [6.45, 7) is 2.12. The fraction of sp³-hybridized carbons (Fsp3) is 0.250. The Morgan fingerprint density at radius 1 is 1.22 bits per heavy atom. The van der Waals surface area contributed by atoms with Crippen LogP contribution in [0.4, 0.5) is 0 Å². The van der Waals surface area contributed by atoms with Crippen molar-refractivity contribution in [2.45, 2.75) is 11.8 Å². The van der Waals surface area contributed by atoms with Crippen LogP contribution in [-0.4, -0.2) is 0 Å². The Kier molecular flexibility index (Phi) is 2.29. The Morgan fingerprint density at radius 2 is 1.78 bits per heavy atom. The van der Waals surface area contributed by atoms with Crippen molar-refractivity contribution in [3.05, 3.63) is 35.9 Å². The van der Waals surface area contributed by atoms with Crippen molar-refractivity contribution in [2.75, 3.05) is 0 Å². The number of benzene rings is 1. The molecule has 1 heteroatoms. The third kappa shape index (κ3) is 1.83. The number of hydrogen-bond acceptors (Lipinski definition) is 0. The maximum absolute atomic E-state index is 3.48. The van der Waals surface area contributed by atoms with Gasteiger partial charge in [0.2, 0.25) is 0 Å². The standard InChI is InChI=1S/C8H9Br/c1-7(9)8-5-3-2-4-6-8/h2-7H,1H3/i7+2. The predicted octanol–water partition coefficient (Wildman–Crippen LogP) is 3.14. The van der Waals surface area contributed by atoms with E-state index in [0.717, 1.165) is 0 Å². The molecule has 0 nitrogen and oxygen atoms in total. The van der Waals surface area contributed by atoms with Gasteiger partial charge in [0.25, 0.3) is 0 Å². The Labute approximate surface area is 64.0 Å². The van der Waals surface area contributed by atoms with Gasteiger partial charge in [-0.05, 0) is 12.5 Å². The summed E-state index contributed by atoms with van der Waals surface area (Å²) < 4.78 is 0. The molecule has 0 aliphatic heterocycles. The second-order valence-corrected chi connectivity index (χ2v) is 3.40. The molecule has 1 atom stereocenters. The summed E-state index contributed by atoms with van der Waals surface area (Å²) in [5, 5.41) is 0. The minimum Gasteiger partial charge on any atom is -0.0842 e. The summed E-state index contributed by atoms with van der Waals surface area (Å²) in [4.78, 5) is 0.471. The zero-order valence-electron chi connectivity index (χ0n) is 5.34. The quantitative estimate of drug-likeness (QED) is 0.592. The smallest absolute Gasteiger partial charge is 0.0367 e. The van der Waals surface area contributed by atoms with Crippen LogP contribution in [0.15, 0.2) is 30.3 Å². The van der Waals surface area contributed by atoms with Crippen LogP contribution in [0.25, 0.3) is 0 Å². The molecular formula is C8H9Br. The monoisotopic (exact) mass is 186 g/mol. The zero-order chi connectivity index (χ0) is 6.69. The van der Waals surface area contributed by atoms with Crippen molar-refractivity contribution in [3.63, 3.8) is 0 Å². The molecule has 0 aliphatic carbocycles. The highest BCUT2D eigenvalue weighted by Gasteiger charge is 1.95. The minimum absolute atomic E-state index is 0.471. The van der Waals surface area contributed by atoms with E-state index in [2.05, 4.69) is 35.0 Å². The fourth-order valence-electron chi connectivity index (χ4n) is 0.718. The van der Waals surface area contributed by atoms with E-state index < -0.39 is 0 Å². The van der Waals surface area contributed by atoms with E-state index in [1.165, 1.54) is 5.56 Å². The maximum Gasteiger partial charge on any atom is 0.0367 e. The summed E-state index contributed by atoms with van der Waals surface area (Å²) in [7, 11) is 0. The molecule has 0 bridgehead atoms. The Balaban J connectivity index is 2.85. The van der Waals surface area contributed by atoms with Crippen molar-refractivity contribution >= 4 is 15.9 Å². The van der Waals surface area contributed by atoms with Crippen LogP contribution in [0.5, 0.6) is 0 Å². The van der Waals surface area contributed by atoms with Crippen LogP contribution in [0.1, 0.15) is 17.3 Å². The first-order valence-corrected chi connectivity index (χ1v) is 3.91. The molecule has 1 aromatic carbocycles. The zero-order valence-corrected chi connectivity index (χ0v) is 6.93. The van der Waals surface area contributed by atoms with Gasteiger partial charge >= 0.3 is 0 Å². The summed E-state index contributed by atoms with van der Waals surface area (Å²) in [5.41, 5.74) is 1.33. The number of alkyl halides is 1. The summed E-state index contributed by atoms with van der Waals surface area (Å²) in [6, 6.07) is 10.3. The van der Waals surface area contributed by atoms with Crippen molar-refractivity contribution in [2.24, 2.45) is 0 Å². The predicted molar refractivity (Wildman–Crippen MR) is 43.8 cm³/mol. The van der Waals surface area contributed by atoms with Crippen LogP contribution in [-0.2, 0) is 0 Å². The molecule has 0 saturated carbocycles. The van der Waals surface area contributed by atoms with E-state index in [1.807, 2.05) is 18.2 Å². The Bertz CT molecular complexity index is 167. The summed E-state index contributed by atoms with van der Waals surface area (Å²) in [6.07, 6.45) is 0. The van der Waals surface area contributed by atoms with E-state index in [9.17, 15) is 0 Å². The molecule has 0 amide bonds. The van der Waals surface area contributed by atoms with Crippen LogP contribution < -0.4 is 0 Å². The molecule has 48 valence electrons. The number of rotatable bonds is 1. The maximum atomic E-state index is 3.48. The molecule has 0 fully saturated rings. The normalized spacial score (nSPS) is 13.1. The van der Waals surface area contributed by atoms with Gasteiger partial charge in [-0.25, -0.2) is 0 Å². The lowest BCUT2D eigenvalue weighted by molar-refractivity contribution is 1.12. The molecule has 0 heterocycles. The molecule has 0 spiro atoms. The van der Waals surface area contributed by atoms with E-state index >= 15 is 0 Å². The van der Waals surface area contributed by atoms with E-state index in [4.69, 9.17) is 0 Å². The molecule has 0 radical (unpaired) electrons. The molecule has 0 saturated heterocycles. The van der Waals surface area contributed by atoms with Gasteiger partial charge in [0.1, 0.15) is 0 Å². The highest BCUT2D eigenvalue weighted by atomic mass is 79.9. The van der Waals surface area contributed by atoms with Crippen LogP contribution in [0.2, 0.25) is 0 Å². The van der Waals surface area contributed by atoms with Gasteiger partial charge in [0, 0.05) is 4.83 Å². The van der Waals surface area contributed by atoms with E-state index in [0.29, 0.717) is 4.83 Å². The van der Waals surface area contributed by atoms with Gasteiger partial charge < -0.3 is 0 Å². The molecule has 0 aliphatic rings. The molecule has 1 unspecified atom stereocenters. The average Bonchev–Trinajstić information content (AvgIpc) is 1.90. The van der Waals surface area contributed by atoms with Crippen molar-refractivity contribution in [3.8, 4) is 0 Å². The first-order valence-electron chi connectivity index (χ1n) is 2.99. The van der Waals surface area contributed by atoms with Crippen LogP contribution in [0.3, 0.4) is 0 Å². The lowest BCUT2D eigenvalue weighted by Crippen LogP contribution is -1.79. The average molecular weight is 187 g/mol. The third-order valence-electron chi connectivity index (χ3n) is 1.26. The molecule has 0 aromatic heterocycles. The minimum atomic E-state index is 0.471. The molecule has 1 aromatic rings. The highest BCUT2D eigenvalue weighted by molar-refractivity contribution is 9.09.